The summed E-state index contributed by atoms with van der Waals surface area (Å²) in [6.45, 7) is 6.03. The summed E-state index contributed by atoms with van der Waals surface area (Å²) < 4.78 is 5.83. The predicted molar refractivity (Wildman–Crippen MR) is 127 cm³/mol. The third-order valence-corrected chi connectivity index (χ3v) is 5.84. The predicted octanol–water partition coefficient (Wildman–Crippen LogP) is 5.23. The number of benzene rings is 2. The zero-order valence-corrected chi connectivity index (χ0v) is 18.9. The number of nitrogens with zero attached hydrogens (tertiary/aromatic N) is 4. The van der Waals surface area contributed by atoms with Crippen LogP contribution in [0, 0.1) is 0 Å². The van der Waals surface area contributed by atoms with E-state index in [-0.39, 0.29) is 12.1 Å². The molecule has 2 heterocycles. The molecule has 166 valence electrons. The molecule has 0 aliphatic carbocycles. The molecule has 32 heavy (non-hydrogen) atoms. The highest BCUT2D eigenvalue weighted by molar-refractivity contribution is 6.32. The maximum absolute atomic E-state index is 12.9. The molecular weight excluding hydrogens is 426 g/mol. The molecular formula is C24H26ClN5O2. The number of aromatic nitrogens is 2. The Morgan fingerprint density at radius 3 is 2.72 bits per heavy atom. The van der Waals surface area contributed by atoms with Crippen LogP contribution in [0.5, 0.6) is 11.6 Å². The van der Waals surface area contributed by atoms with Crippen LogP contribution in [0.1, 0.15) is 19.4 Å². The van der Waals surface area contributed by atoms with Crippen molar-refractivity contribution < 1.29 is 9.53 Å². The zero-order chi connectivity index (χ0) is 22.5. The molecule has 0 radical (unpaired) electrons. The van der Waals surface area contributed by atoms with Crippen molar-refractivity contribution in [2.75, 3.05) is 29.9 Å². The van der Waals surface area contributed by atoms with Crippen molar-refractivity contribution >= 4 is 29.1 Å². The van der Waals surface area contributed by atoms with Crippen LogP contribution in [0.2, 0.25) is 5.02 Å². The summed E-state index contributed by atoms with van der Waals surface area (Å²) in [5.41, 5.74) is 1.99. The number of hydrogen-bond donors (Lipinski definition) is 1. The fourth-order valence-corrected chi connectivity index (χ4v) is 3.98. The molecule has 0 spiro atoms. The number of urea groups is 1. The van der Waals surface area contributed by atoms with Gasteiger partial charge in [0.15, 0.2) is 0 Å². The number of hydrogen-bond acceptors (Lipinski definition) is 5. The second-order valence-electron chi connectivity index (χ2n) is 7.68. The molecule has 0 saturated carbocycles. The van der Waals surface area contributed by atoms with E-state index < -0.39 is 0 Å². The number of amides is 2. The SMILES string of the molecule is CCc1ccccc1NC(=O)N1CCN(c2cc(Oc3ccccc3Cl)ncn2)CC1C. The van der Waals surface area contributed by atoms with E-state index in [0.717, 1.165) is 23.5 Å². The summed E-state index contributed by atoms with van der Waals surface area (Å²) in [6.07, 6.45) is 2.35. The number of para-hydroxylation sites is 2. The van der Waals surface area contributed by atoms with Gasteiger partial charge in [0.2, 0.25) is 5.88 Å². The van der Waals surface area contributed by atoms with Crippen LogP contribution in [0.25, 0.3) is 0 Å². The van der Waals surface area contributed by atoms with Gasteiger partial charge in [0.05, 0.1) is 5.02 Å². The largest absolute Gasteiger partial charge is 0.437 e. The van der Waals surface area contributed by atoms with Gasteiger partial charge in [-0.05, 0) is 37.1 Å². The molecule has 1 unspecified atom stereocenters. The van der Waals surface area contributed by atoms with Crippen molar-refractivity contribution in [1.29, 1.82) is 0 Å². The van der Waals surface area contributed by atoms with E-state index in [1.165, 1.54) is 6.33 Å². The average molecular weight is 452 g/mol. The molecule has 1 fully saturated rings. The van der Waals surface area contributed by atoms with Crippen LogP contribution in [0.15, 0.2) is 60.9 Å². The van der Waals surface area contributed by atoms with E-state index in [2.05, 4.69) is 27.1 Å². The van der Waals surface area contributed by atoms with Gasteiger partial charge in [0.1, 0.15) is 17.9 Å². The van der Waals surface area contributed by atoms with Gasteiger partial charge in [0, 0.05) is 37.4 Å². The molecule has 3 aromatic rings. The summed E-state index contributed by atoms with van der Waals surface area (Å²) in [5.74, 6) is 1.72. The van der Waals surface area contributed by atoms with E-state index in [1.807, 2.05) is 48.2 Å². The fourth-order valence-electron chi connectivity index (χ4n) is 3.80. The third-order valence-electron chi connectivity index (χ3n) is 5.53. The Balaban J connectivity index is 1.41. The molecule has 2 amide bonds. The van der Waals surface area contributed by atoms with Gasteiger partial charge >= 0.3 is 6.03 Å². The van der Waals surface area contributed by atoms with Crippen LogP contribution < -0.4 is 15.0 Å². The Morgan fingerprint density at radius 2 is 1.94 bits per heavy atom. The van der Waals surface area contributed by atoms with Gasteiger partial charge in [-0.1, -0.05) is 48.9 Å². The Bertz CT molecular complexity index is 1090. The van der Waals surface area contributed by atoms with Crippen LogP contribution in [-0.2, 0) is 6.42 Å². The van der Waals surface area contributed by atoms with Gasteiger partial charge in [-0.3, -0.25) is 0 Å². The van der Waals surface area contributed by atoms with Crippen LogP contribution in [-0.4, -0.2) is 46.6 Å². The number of ether oxygens (including phenoxy) is 1. The molecule has 7 nitrogen and oxygen atoms in total. The first-order valence-electron chi connectivity index (χ1n) is 10.7. The van der Waals surface area contributed by atoms with Crippen molar-refractivity contribution in [2.45, 2.75) is 26.3 Å². The molecule has 4 rings (SSSR count). The minimum atomic E-state index is -0.0801. The van der Waals surface area contributed by atoms with E-state index in [1.54, 1.807) is 18.2 Å². The molecule has 1 saturated heterocycles. The zero-order valence-electron chi connectivity index (χ0n) is 18.2. The average Bonchev–Trinajstić information content (AvgIpc) is 2.81. The van der Waals surface area contributed by atoms with Gasteiger partial charge in [-0.25, -0.2) is 14.8 Å². The molecule has 1 aliphatic heterocycles. The Kier molecular flexibility index (Phi) is 6.75. The number of anilines is 2. The van der Waals surface area contributed by atoms with Crippen LogP contribution >= 0.6 is 11.6 Å². The van der Waals surface area contributed by atoms with Gasteiger partial charge in [0.25, 0.3) is 0 Å². The first-order chi connectivity index (χ1) is 15.5. The number of piperazine rings is 1. The lowest BCUT2D eigenvalue weighted by Crippen LogP contribution is -2.55. The maximum atomic E-state index is 12.9. The van der Waals surface area contributed by atoms with Gasteiger partial charge in [-0.2, -0.15) is 0 Å². The van der Waals surface area contributed by atoms with Crippen molar-refractivity contribution in [3.05, 3.63) is 71.5 Å². The highest BCUT2D eigenvalue weighted by atomic mass is 35.5. The van der Waals surface area contributed by atoms with Crippen molar-refractivity contribution in [1.82, 2.24) is 14.9 Å². The van der Waals surface area contributed by atoms with E-state index in [9.17, 15) is 4.79 Å². The van der Waals surface area contributed by atoms with E-state index in [0.29, 0.717) is 36.3 Å². The molecule has 1 aliphatic rings. The maximum Gasteiger partial charge on any atom is 0.322 e. The Morgan fingerprint density at radius 1 is 1.16 bits per heavy atom. The lowest BCUT2D eigenvalue weighted by Gasteiger charge is -2.40. The van der Waals surface area contributed by atoms with Crippen molar-refractivity contribution in [2.24, 2.45) is 0 Å². The number of halogens is 1. The smallest absolute Gasteiger partial charge is 0.322 e. The standard InChI is InChI=1S/C24H26ClN5O2/c1-3-18-8-4-6-10-20(18)28-24(31)30-13-12-29(15-17(30)2)22-14-23(27-16-26-22)32-21-11-7-5-9-19(21)25/h4-11,14,16-17H,3,12-13,15H2,1-2H3,(H,28,31). The number of carbonyl (C=O) groups is 1. The number of rotatable bonds is 5. The summed E-state index contributed by atoms with van der Waals surface area (Å²) in [5, 5.41) is 3.59. The number of carbonyl (C=O) groups excluding carboxylic acids is 1. The monoisotopic (exact) mass is 451 g/mol. The molecule has 0 bridgehead atoms. The Hall–Kier alpha value is -3.32. The Labute approximate surface area is 193 Å². The van der Waals surface area contributed by atoms with Crippen molar-refractivity contribution in [3.8, 4) is 11.6 Å². The quantitative estimate of drug-likeness (QED) is 0.575. The summed E-state index contributed by atoms with van der Waals surface area (Å²) in [7, 11) is 0. The molecule has 2 aromatic carbocycles. The second kappa shape index (κ2) is 9.87. The normalized spacial score (nSPS) is 16.0. The molecule has 1 atom stereocenters. The van der Waals surface area contributed by atoms with Gasteiger partial charge < -0.3 is 19.9 Å². The van der Waals surface area contributed by atoms with E-state index >= 15 is 0 Å². The summed E-state index contributed by atoms with van der Waals surface area (Å²) in [6, 6.07) is 16.9. The summed E-state index contributed by atoms with van der Waals surface area (Å²) in [4.78, 5) is 25.5. The summed E-state index contributed by atoms with van der Waals surface area (Å²) >= 11 is 6.18. The second-order valence-corrected chi connectivity index (χ2v) is 8.08. The van der Waals surface area contributed by atoms with Crippen molar-refractivity contribution in [3.63, 3.8) is 0 Å². The third kappa shape index (κ3) is 4.94. The topological polar surface area (TPSA) is 70.6 Å². The lowest BCUT2D eigenvalue weighted by atomic mass is 10.1. The minimum absolute atomic E-state index is 0.0143. The van der Waals surface area contributed by atoms with E-state index in [4.69, 9.17) is 16.3 Å². The van der Waals surface area contributed by atoms with Gasteiger partial charge in [-0.15, -0.1) is 0 Å². The number of nitrogens with one attached hydrogen (secondary N) is 1. The highest BCUT2D eigenvalue weighted by Gasteiger charge is 2.28. The lowest BCUT2D eigenvalue weighted by molar-refractivity contribution is 0.184. The fraction of sp³-hybridized carbons (Fsp3) is 0.292. The first kappa shape index (κ1) is 21.9. The molecule has 8 heteroatoms. The minimum Gasteiger partial charge on any atom is -0.437 e. The highest BCUT2D eigenvalue weighted by Crippen LogP contribution is 2.29. The van der Waals surface area contributed by atoms with Crippen LogP contribution in [0.3, 0.4) is 0 Å². The molecule has 1 aromatic heterocycles. The van der Waals surface area contributed by atoms with Crippen LogP contribution in [0.4, 0.5) is 16.3 Å². The molecule has 1 N–H and O–H groups in total. The number of aryl methyl sites for hydroxylation is 1. The first-order valence-corrected chi connectivity index (χ1v) is 11.1.